The minimum Gasteiger partial charge on any atom is -0.445 e. The maximum atomic E-state index is 14.1. The monoisotopic (exact) mass is 269 g/mol. The molecule has 0 spiro atoms. The molecule has 1 aromatic carbocycles. The molecule has 0 unspecified atom stereocenters. The van der Waals surface area contributed by atoms with E-state index in [1.165, 1.54) is 6.07 Å². The number of pyridine rings is 1. The topological polar surface area (TPSA) is 18.0 Å². The number of halogens is 1. The summed E-state index contributed by atoms with van der Waals surface area (Å²) in [7, 11) is 3.88. The molecule has 0 bridgehead atoms. The van der Waals surface area contributed by atoms with Gasteiger partial charge in [0, 0.05) is 19.3 Å². The van der Waals surface area contributed by atoms with Crippen molar-refractivity contribution >= 4 is 10.9 Å². The molecule has 3 heterocycles. The Morgan fingerprint density at radius 1 is 1.25 bits per heavy atom. The molecule has 0 fully saturated rings. The molecule has 0 saturated carbocycles. The zero-order valence-electron chi connectivity index (χ0n) is 11.6. The van der Waals surface area contributed by atoms with E-state index < -0.39 is 0 Å². The highest BCUT2D eigenvalue weighted by molar-refractivity contribution is 6.03. The normalized spacial score (nSPS) is 12.4. The lowest BCUT2D eigenvalue weighted by molar-refractivity contribution is -0.660. The first kappa shape index (κ1) is 11.5. The minimum atomic E-state index is -0.330. The van der Waals surface area contributed by atoms with Crippen LogP contribution in [0.4, 0.5) is 4.39 Å². The van der Waals surface area contributed by atoms with E-state index in [9.17, 15) is 4.39 Å². The maximum Gasteiger partial charge on any atom is 0.259 e. The van der Waals surface area contributed by atoms with Crippen LogP contribution in [0.15, 0.2) is 30.6 Å². The Bertz CT molecular complexity index is 880. The molecule has 0 radical (unpaired) electrons. The number of aryl methyl sites for hydroxylation is 3. The highest BCUT2D eigenvalue weighted by Gasteiger charge is 2.32. The molecule has 4 heteroatoms. The summed E-state index contributed by atoms with van der Waals surface area (Å²) >= 11 is 0. The van der Waals surface area contributed by atoms with E-state index in [4.69, 9.17) is 4.74 Å². The quantitative estimate of drug-likeness (QED) is 0.448. The molecule has 0 saturated heterocycles. The molecule has 20 heavy (non-hydrogen) atoms. The SMILES string of the molecule is Cc1ccc2c3c(cn2C)Oc2c(F)cc[n+](C)c2-c13. The Balaban J connectivity index is 2.26. The Kier molecular flexibility index (Phi) is 2.06. The fourth-order valence-electron chi connectivity index (χ4n) is 3.03. The van der Waals surface area contributed by atoms with Gasteiger partial charge in [-0.05, 0) is 18.6 Å². The van der Waals surface area contributed by atoms with E-state index in [2.05, 4.69) is 12.1 Å². The zero-order chi connectivity index (χ0) is 14.0. The summed E-state index contributed by atoms with van der Waals surface area (Å²) in [6.45, 7) is 2.05. The first-order valence-corrected chi connectivity index (χ1v) is 6.53. The van der Waals surface area contributed by atoms with Crippen LogP contribution in [-0.4, -0.2) is 4.57 Å². The molecule has 3 aromatic rings. The van der Waals surface area contributed by atoms with E-state index in [1.54, 1.807) is 6.20 Å². The van der Waals surface area contributed by atoms with Gasteiger partial charge in [0.25, 0.3) is 5.69 Å². The second-order valence-electron chi connectivity index (χ2n) is 5.31. The number of hydrogen-bond donors (Lipinski definition) is 0. The van der Waals surface area contributed by atoms with Gasteiger partial charge < -0.3 is 9.30 Å². The third kappa shape index (κ3) is 1.26. The van der Waals surface area contributed by atoms with Crippen LogP contribution >= 0.6 is 0 Å². The van der Waals surface area contributed by atoms with Gasteiger partial charge in [-0.1, -0.05) is 6.07 Å². The third-order valence-corrected chi connectivity index (χ3v) is 4.01. The number of rotatable bonds is 0. The summed E-state index contributed by atoms with van der Waals surface area (Å²) < 4.78 is 23.9. The third-order valence-electron chi connectivity index (χ3n) is 4.01. The van der Waals surface area contributed by atoms with Crippen molar-refractivity contribution in [1.29, 1.82) is 0 Å². The first-order chi connectivity index (χ1) is 9.58. The Morgan fingerprint density at radius 2 is 2.05 bits per heavy atom. The number of aromatic nitrogens is 2. The van der Waals surface area contributed by atoms with E-state index in [0.717, 1.165) is 33.5 Å². The Hall–Kier alpha value is -2.36. The first-order valence-electron chi connectivity index (χ1n) is 6.53. The fraction of sp³-hybridized carbons (Fsp3) is 0.188. The molecule has 4 rings (SSSR count). The molecule has 1 aliphatic heterocycles. The van der Waals surface area contributed by atoms with Crippen LogP contribution in [0, 0.1) is 12.7 Å². The number of benzene rings is 1. The van der Waals surface area contributed by atoms with Gasteiger partial charge in [-0.3, -0.25) is 0 Å². The summed E-state index contributed by atoms with van der Waals surface area (Å²) in [5, 5.41) is 1.06. The van der Waals surface area contributed by atoms with Crippen LogP contribution < -0.4 is 9.30 Å². The fourth-order valence-corrected chi connectivity index (χ4v) is 3.03. The Labute approximate surface area is 115 Å². The van der Waals surface area contributed by atoms with E-state index in [-0.39, 0.29) is 5.82 Å². The van der Waals surface area contributed by atoms with Gasteiger partial charge in [0.1, 0.15) is 7.05 Å². The van der Waals surface area contributed by atoms with Crippen LogP contribution in [0.25, 0.3) is 22.2 Å². The predicted octanol–water partition coefficient (Wildman–Crippen LogP) is 3.22. The zero-order valence-corrected chi connectivity index (χ0v) is 11.6. The molecule has 0 N–H and O–H groups in total. The van der Waals surface area contributed by atoms with Gasteiger partial charge in [0.2, 0.25) is 5.75 Å². The van der Waals surface area contributed by atoms with E-state index in [1.807, 2.05) is 36.4 Å². The van der Waals surface area contributed by atoms with Crippen molar-refractivity contribution in [3.05, 3.63) is 42.0 Å². The summed E-state index contributed by atoms with van der Waals surface area (Å²) in [6, 6.07) is 5.58. The van der Waals surface area contributed by atoms with Crippen molar-refractivity contribution < 1.29 is 13.7 Å². The highest BCUT2D eigenvalue weighted by atomic mass is 19.1. The van der Waals surface area contributed by atoms with Crippen LogP contribution in [0.3, 0.4) is 0 Å². The van der Waals surface area contributed by atoms with Crippen molar-refractivity contribution in [3.8, 4) is 22.8 Å². The maximum absolute atomic E-state index is 14.1. The van der Waals surface area contributed by atoms with Crippen molar-refractivity contribution in [2.24, 2.45) is 14.1 Å². The van der Waals surface area contributed by atoms with Gasteiger partial charge in [0.15, 0.2) is 17.8 Å². The summed E-state index contributed by atoms with van der Waals surface area (Å²) in [5.41, 5.74) is 4.07. The molecule has 1 aliphatic rings. The molecule has 2 aromatic heterocycles. The lowest BCUT2D eigenvalue weighted by atomic mass is 9.97. The van der Waals surface area contributed by atoms with Crippen LogP contribution in [-0.2, 0) is 14.1 Å². The van der Waals surface area contributed by atoms with Crippen molar-refractivity contribution in [1.82, 2.24) is 4.57 Å². The number of fused-ring (bicyclic) bond motifs is 2. The number of ether oxygens (including phenoxy) is 1. The van der Waals surface area contributed by atoms with E-state index in [0.29, 0.717) is 5.75 Å². The van der Waals surface area contributed by atoms with Crippen LogP contribution in [0.5, 0.6) is 11.5 Å². The van der Waals surface area contributed by atoms with Gasteiger partial charge >= 0.3 is 0 Å². The number of nitrogens with zero attached hydrogens (tertiary/aromatic N) is 2. The smallest absolute Gasteiger partial charge is 0.259 e. The summed E-state index contributed by atoms with van der Waals surface area (Å²) in [6.07, 6.45) is 3.63. The molecule has 0 aliphatic carbocycles. The van der Waals surface area contributed by atoms with Crippen molar-refractivity contribution in [2.45, 2.75) is 6.92 Å². The van der Waals surface area contributed by atoms with Crippen molar-refractivity contribution in [3.63, 3.8) is 0 Å². The van der Waals surface area contributed by atoms with Gasteiger partial charge in [-0.15, -0.1) is 0 Å². The lowest BCUT2D eigenvalue weighted by Gasteiger charge is -2.17. The van der Waals surface area contributed by atoms with Gasteiger partial charge in [-0.2, -0.15) is 4.57 Å². The molecule has 100 valence electrons. The molecule has 0 atom stereocenters. The molecular weight excluding hydrogens is 255 g/mol. The lowest BCUT2D eigenvalue weighted by Crippen LogP contribution is -2.32. The summed E-state index contributed by atoms with van der Waals surface area (Å²) in [5.74, 6) is 0.701. The van der Waals surface area contributed by atoms with Crippen LogP contribution in [0.2, 0.25) is 0 Å². The molecule has 3 nitrogen and oxygen atoms in total. The average Bonchev–Trinajstić information content (AvgIpc) is 2.74. The van der Waals surface area contributed by atoms with Gasteiger partial charge in [0.05, 0.1) is 16.5 Å². The second kappa shape index (κ2) is 3.60. The second-order valence-corrected chi connectivity index (χ2v) is 5.31. The largest absolute Gasteiger partial charge is 0.445 e. The van der Waals surface area contributed by atoms with Crippen LogP contribution in [0.1, 0.15) is 5.56 Å². The minimum absolute atomic E-state index is 0.310. The predicted molar refractivity (Wildman–Crippen MR) is 74.3 cm³/mol. The average molecular weight is 269 g/mol. The van der Waals surface area contributed by atoms with Gasteiger partial charge in [-0.25, -0.2) is 4.39 Å². The highest BCUT2D eigenvalue weighted by Crippen LogP contribution is 2.47. The summed E-state index contributed by atoms with van der Waals surface area (Å²) in [4.78, 5) is 0. The molecular formula is C16H14FN2O+. The number of hydrogen-bond acceptors (Lipinski definition) is 1. The standard InChI is InChI=1S/C16H14FN2O/c1-9-4-5-11-14-12(8-19(11)3)20-16-10(17)6-7-18(2)15(16)13(9)14/h4-8H,1-3H3/q+1. The van der Waals surface area contributed by atoms with Crippen molar-refractivity contribution in [2.75, 3.05) is 0 Å². The van der Waals surface area contributed by atoms with E-state index >= 15 is 0 Å². The Morgan fingerprint density at radius 3 is 2.85 bits per heavy atom. The molecule has 0 amide bonds.